The van der Waals surface area contributed by atoms with Gasteiger partial charge in [0.2, 0.25) is 0 Å². The number of hydrogen-bond donors (Lipinski definition) is 1. The second-order valence-electron chi connectivity index (χ2n) is 2.87. The van der Waals surface area contributed by atoms with Gasteiger partial charge in [0.25, 0.3) is 0 Å². The SMILES string of the molecule is NCCc1ncc(-c2ccccn2)s1. The summed E-state index contributed by atoms with van der Waals surface area (Å²) in [6.07, 6.45) is 4.49. The van der Waals surface area contributed by atoms with Crippen LogP contribution in [-0.4, -0.2) is 16.5 Å². The van der Waals surface area contributed by atoms with Crippen LogP contribution >= 0.6 is 11.3 Å². The minimum absolute atomic E-state index is 0.648. The van der Waals surface area contributed by atoms with Gasteiger partial charge in [0, 0.05) is 18.8 Å². The van der Waals surface area contributed by atoms with E-state index in [2.05, 4.69) is 9.97 Å². The molecule has 4 heteroatoms. The second kappa shape index (κ2) is 4.30. The van der Waals surface area contributed by atoms with Crippen LogP contribution in [-0.2, 0) is 6.42 Å². The number of rotatable bonds is 3. The summed E-state index contributed by atoms with van der Waals surface area (Å²) >= 11 is 1.66. The zero-order valence-corrected chi connectivity index (χ0v) is 8.50. The van der Waals surface area contributed by atoms with E-state index >= 15 is 0 Å². The first kappa shape index (κ1) is 9.30. The Morgan fingerprint density at radius 3 is 2.93 bits per heavy atom. The minimum Gasteiger partial charge on any atom is -0.330 e. The standard InChI is InChI=1S/C10H11N3S/c11-5-4-10-13-7-9(14-10)8-3-1-2-6-12-8/h1-3,6-7H,4-5,11H2. The summed E-state index contributed by atoms with van der Waals surface area (Å²) in [7, 11) is 0. The molecule has 72 valence electrons. The van der Waals surface area contributed by atoms with E-state index in [4.69, 9.17) is 5.73 Å². The molecule has 0 saturated carbocycles. The average Bonchev–Trinajstić information content (AvgIpc) is 2.68. The first-order valence-electron chi connectivity index (χ1n) is 4.46. The molecule has 3 nitrogen and oxygen atoms in total. The Morgan fingerprint density at radius 2 is 2.21 bits per heavy atom. The lowest BCUT2D eigenvalue weighted by atomic mass is 10.3. The van der Waals surface area contributed by atoms with Crippen molar-refractivity contribution in [3.8, 4) is 10.6 Å². The van der Waals surface area contributed by atoms with Gasteiger partial charge in [0.15, 0.2) is 0 Å². The van der Waals surface area contributed by atoms with Crippen LogP contribution in [0.3, 0.4) is 0 Å². The molecule has 0 atom stereocenters. The molecule has 0 bridgehead atoms. The van der Waals surface area contributed by atoms with Crippen LogP contribution in [0, 0.1) is 0 Å². The van der Waals surface area contributed by atoms with Crippen molar-refractivity contribution < 1.29 is 0 Å². The van der Waals surface area contributed by atoms with Gasteiger partial charge in [-0.2, -0.15) is 0 Å². The molecule has 0 saturated heterocycles. The Labute approximate surface area is 86.6 Å². The highest BCUT2D eigenvalue weighted by Crippen LogP contribution is 2.23. The number of hydrogen-bond acceptors (Lipinski definition) is 4. The van der Waals surface area contributed by atoms with Gasteiger partial charge >= 0.3 is 0 Å². The highest BCUT2D eigenvalue weighted by molar-refractivity contribution is 7.15. The molecule has 0 aliphatic rings. The molecule has 0 aliphatic carbocycles. The molecule has 0 amide bonds. The van der Waals surface area contributed by atoms with E-state index in [1.165, 1.54) is 0 Å². The predicted octanol–water partition coefficient (Wildman–Crippen LogP) is 1.71. The summed E-state index contributed by atoms with van der Waals surface area (Å²) in [6, 6.07) is 5.87. The van der Waals surface area contributed by atoms with Crippen molar-refractivity contribution in [2.24, 2.45) is 5.73 Å². The largest absolute Gasteiger partial charge is 0.330 e. The maximum atomic E-state index is 5.46. The topological polar surface area (TPSA) is 51.8 Å². The molecular weight excluding hydrogens is 194 g/mol. The molecule has 14 heavy (non-hydrogen) atoms. The fraction of sp³-hybridized carbons (Fsp3) is 0.200. The van der Waals surface area contributed by atoms with Gasteiger partial charge in [-0.1, -0.05) is 6.07 Å². The van der Waals surface area contributed by atoms with Gasteiger partial charge in [-0.05, 0) is 18.7 Å². The first-order valence-corrected chi connectivity index (χ1v) is 5.28. The normalized spacial score (nSPS) is 10.4. The highest BCUT2D eigenvalue weighted by Gasteiger charge is 2.03. The fourth-order valence-electron chi connectivity index (χ4n) is 1.18. The lowest BCUT2D eigenvalue weighted by molar-refractivity contribution is 0.953. The molecule has 0 unspecified atom stereocenters. The number of aromatic nitrogens is 2. The highest BCUT2D eigenvalue weighted by atomic mass is 32.1. The predicted molar refractivity (Wildman–Crippen MR) is 58.1 cm³/mol. The van der Waals surface area contributed by atoms with Gasteiger partial charge in [-0.15, -0.1) is 11.3 Å². The van der Waals surface area contributed by atoms with Crippen molar-refractivity contribution in [3.05, 3.63) is 35.6 Å². The molecule has 2 N–H and O–H groups in total. The van der Waals surface area contributed by atoms with Crippen LogP contribution < -0.4 is 5.73 Å². The first-order chi connectivity index (χ1) is 6.90. The van der Waals surface area contributed by atoms with E-state index in [0.29, 0.717) is 6.54 Å². The molecule has 2 aromatic rings. The van der Waals surface area contributed by atoms with Crippen LogP contribution in [0.15, 0.2) is 30.6 Å². The number of pyridine rings is 1. The molecule has 0 fully saturated rings. The van der Waals surface area contributed by atoms with E-state index in [-0.39, 0.29) is 0 Å². The van der Waals surface area contributed by atoms with Crippen molar-refractivity contribution in [3.63, 3.8) is 0 Å². The van der Waals surface area contributed by atoms with Crippen molar-refractivity contribution in [2.75, 3.05) is 6.54 Å². The molecule has 0 aliphatic heterocycles. The second-order valence-corrected chi connectivity index (χ2v) is 3.99. The fourth-order valence-corrected chi connectivity index (χ4v) is 2.09. The molecule has 0 spiro atoms. The van der Waals surface area contributed by atoms with E-state index in [0.717, 1.165) is 22.0 Å². The van der Waals surface area contributed by atoms with Crippen LogP contribution in [0.25, 0.3) is 10.6 Å². The summed E-state index contributed by atoms with van der Waals surface area (Å²) in [5.74, 6) is 0. The van der Waals surface area contributed by atoms with E-state index in [1.807, 2.05) is 24.4 Å². The zero-order valence-electron chi connectivity index (χ0n) is 7.68. The summed E-state index contributed by atoms with van der Waals surface area (Å²) < 4.78 is 0. The third-order valence-electron chi connectivity index (χ3n) is 1.83. The van der Waals surface area contributed by atoms with Gasteiger partial charge in [-0.25, -0.2) is 4.98 Å². The lowest BCUT2D eigenvalue weighted by Gasteiger charge is -1.92. The van der Waals surface area contributed by atoms with E-state index < -0.39 is 0 Å². The van der Waals surface area contributed by atoms with Crippen LogP contribution in [0.5, 0.6) is 0 Å². The van der Waals surface area contributed by atoms with Crippen molar-refractivity contribution in [2.45, 2.75) is 6.42 Å². The molecule has 0 radical (unpaired) electrons. The molecule has 2 aromatic heterocycles. The van der Waals surface area contributed by atoms with Crippen LogP contribution in [0.1, 0.15) is 5.01 Å². The van der Waals surface area contributed by atoms with Gasteiger partial charge in [0.05, 0.1) is 15.6 Å². The van der Waals surface area contributed by atoms with Gasteiger partial charge in [0.1, 0.15) is 0 Å². The smallest absolute Gasteiger partial charge is 0.0944 e. The Kier molecular flexibility index (Phi) is 2.86. The summed E-state index contributed by atoms with van der Waals surface area (Å²) in [5.41, 5.74) is 6.44. The molecule has 2 rings (SSSR count). The number of thiazole rings is 1. The zero-order chi connectivity index (χ0) is 9.80. The molecular formula is C10H11N3S. The maximum absolute atomic E-state index is 5.46. The lowest BCUT2D eigenvalue weighted by Crippen LogP contribution is -2.01. The number of nitrogens with two attached hydrogens (primary N) is 1. The molecule has 2 heterocycles. The monoisotopic (exact) mass is 205 g/mol. The quantitative estimate of drug-likeness (QED) is 0.829. The van der Waals surface area contributed by atoms with E-state index in [1.54, 1.807) is 17.5 Å². The Balaban J connectivity index is 2.25. The van der Waals surface area contributed by atoms with Crippen molar-refractivity contribution >= 4 is 11.3 Å². The average molecular weight is 205 g/mol. The Bertz CT molecular complexity index is 397. The minimum atomic E-state index is 0.648. The maximum Gasteiger partial charge on any atom is 0.0944 e. The Morgan fingerprint density at radius 1 is 1.29 bits per heavy atom. The van der Waals surface area contributed by atoms with Crippen LogP contribution in [0.4, 0.5) is 0 Å². The molecule has 0 aromatic carbocycles. The van der Waals surface area contributed by atoms with E-state index in [9.17, 15) is 0 Å². The summed E-state index contributed by atoms with van der Waals surface area (Å²) in [6.45, 7) is 0.648. The summed E-state index contributed by atoms with van der Waals surface area (Å²) in [5, 5.41) is 1.08. The number of nitrogens with zero attached hydrogens (tertiary/aromatic N) is 2. The van der Waals surface area contributed by atoms with Crippen molar-refractivity contribution in [1.29, 1.82) is 0 Å². The Hall–Kier alpha value is -1.26. The summed E-state index contributed by atoms with van der Waals surface area (Å²) in [4.78, 5) is 9.65. The third-order valence-corrected chi connectivity index (χ3v) is 2.91. The van der Waals surface area contributed by atoms with Crippen molar-refractivity contribution in [1.82, 2.24) is 9.97 Å². The third kappa shape index (κ3) is 1.97. The van der Waals surface area contributed by atoms with Gasteiger partial charge < -0.3 is 5.73 Å². The van der Waals surface area contributed by atoms with Gasteiger partial charge in [-0.3, -0.25) is 4.98 Å². The van der Waals surface area contributed by atoms with Crippen LogP contribution in [0.2, 0.25) is 0 Å².